The van der Waals surface area contributed by atoms with E-state index in [1.165, 1.54) is 12.3 Å². The van der Waals surface area contributed by atoms with Crippen LogP contribution in [0.3, 0.4) is 0 Å². The number of esters is 1. The number of hydrogen-bond acceptors (Lipinski definition) is 5. The number of hydrogen-bond donors (Lipinski definition) is 0. The van der Waals surface area contributed by atoms with Gasteiger partial charge in [0.1, 0.15) is 17.4 Å². The first-order valence-electron chi connectivity index (χ1n) is 7.31. The van der Waals surface area contributed by atoms with E-state index in [1.807, 2.05) is 0 Å². The molecule has 1 aromatic heterocycles. The smallest absolute Gasteiger partial charge is 0.349 e. The Morgan fingerprint density at radius 1 is 1.32 bits per heavy atom. The Labute approximate surface area is 128 Å². The lowest BCUT2D eigenvalue weighted by Crippen LogP contribution is -2.35. The standard InChI is InChI=1S/C16H18N2O4/c17-11-13(10-14-6-5-9-21-14)16(20)22-12-15(19)18-7-3-1-2-4-8-18/h5-6,9-10H,1-4,7-8,12H2/b13-10+. The Morgan fingerprint density at radius 2 is 2.05 bits per heavy atom. The van der Waals surface area contributed by atoms with Crippen LogP contribution < -0.4 is 0 Å². The lowest BCUT2D eigenvalue weighted by molar-refractivity contribution is -0.148. The fourth-order valence-electron chi connectivity index (χ4n) is 2.27. The highest BCUT2D eigenvalue weighted by molar-refractivity contribution is 5.98. The van der Waals surface area contributed by atoms with E-state index in [1.54, 1.807) is 23.1 Å². The molecule has 1 aliphatic rings. The van der Waals surface area contributed by atoms with Crippen LogP contribution in [0, 0.1) is 11.3 Å². The molecular weight excluding hydrogens is 284 g/mol. The molecule has 0 spiro atoms. The van der Waals surface area contributed by atoms with E-state index in [0.717, 1.165) is 25.7 Å². The molecule has 2 rings (SSSR count). The van der Waals surface area contributed by atoms with E-state index in [-0.39, 0.29) is 18.1 Å². The van der Waals surface area contributed by atoms with Crippen LogP contribution in [-0.4, -0.2) is 36.5 Å². The van der Waals surface area contributed by atoms with Crippen molar-refractivity contribution >= 4 is 18.0 Å². The molecular formula is C16H18N2O4. The number of carbonyl (C=O) groups excluding carboxylic acids is 2. The van der Waals surface area contributed by atoms with Gasteiger partial charge in [0.2, 0.25) is 0 Å². The average Bonchev–Trinajstić information content (AvgIpc) is 2.89. The molecule has 0 aliphatic carbocycles. The summed E-state index contributed by atoms with van der Waals surface area (Å²) < 4.78 is 9.98. The third-order valence-corrected chi connectivity index (χ3v) is 3.46. The van der Waals surface area contributed by atoms with Crippen molar-refractivity contribution < 1.29 is 18.7 Å². The number of likely N-dealkylation sites (tertiary alicyclic amines) is 1. The van der Waals surface area contributed by atoms with E-state index in [9.17, 15) is 9.59 Å². The highest BCUT2D eigenvalue weighted by atomic mass is 16.5. The first-order chi connectivity index (χ1) is 10.7. The van der Waals surface area contributed by atoms with Gasteiger partial charge in [-0.25, -0.2) is 4.79 Å². The van der Waals surface area contributed by atoms with Crippen LogP contribution in [0.2, 0.25) is 0 Å². The fraction of sp³-hybridized carbons (Fsp3) is 0.438. The second-order valence-corrected chi connectivity index (χ2v) is 5.06. The van der Waals surface area contributed by atoms with E-state index in [2.05, 4.69) is 0 Å². The van der Waals surface area contributed by atoms with Gasteiger partial charge in [-0.15, -0.1) is 0 Å². The van der Waals surface area contributed by atoms with Gasteiger partial charge in [0.25, 0.3) is 5.91 Å². The fourth-order valence-corrected chi connectivity index (χ4v) is 2.27. The maximum absolute atomic E-state index is 12.0. The van der Waals surface area contributed by atoms with Crippen molar-refractivity contribution in [1.29, 1.82) is 5.26 Å². The van der Waals surface area contributed by atoms with Crippen molar-refractivity contribution in [3.8, 4) is 6.07 Å². The lowest BCUT2D eigenvalue weighted by Gasteiger charge is -2.19. The SMILES string of the molecule is N#C/C(=C\c1ccco1)C(=O)OCC(=O)N1CCCCCC1. The van der Waals surface area contributed by atoms with Crippen LogP contribution in [0.25, 0.3) is 6.08 Å². The predicted octanol–water partition coefficient (Wildman–Crippen LogP) is 2.13. The lowest BCUT2D eigenvalue weighted by atomic mass is 10.2. The molecule has 1 aliphatic heterocycles. The number of amides is 1. The van der Waals surface area contributed by atoms with Crippen molar-refractivity contribution in [1.82, 2.24) is 4.90 Å². The normalized spacial score (nSPS) is 15.8. The summed E-state index contributed by atoms with van der Waals surface area (Å²) in [6.45, 7) is 1.06. The molecule has 0 bridgehead atoms. The molecule has 6 heteroatoms. The Bertz CT molecular complexity index is 576. The van der Waals surface area contributed by atoms with E-state index in [0.29, 0.717) is 18.8 Å². The zero-order chi connectivity index (χ0) is 15.8. The minimum absolute atomic E-state index is 0.196. The van der Waals surface area contributed by atoms with Gasteiger partial charge in [0, 0.05) is 19.2 Å². The van der Waals surface area contributed by atoms with Crippen LogP contribution in [-0.2, 0) is 14.3 Å². The van der Waals surface area contributed by atoms with Gasteiger partial charge in [-0.3, -0.25) is 4.79 Å². The summed E-state index contributed by atoms with van der Waals surface area (Å²) in [6, 6.07) is 5.02. The minimum atomic E-state index is -0.818. The van der Waals surface area contributed by atoms with Crippen molar-refractivity contribution in [3.05, 3.63) is 29.7 Å². The van der Waals surface area contributed by atoms with E-state index >= 15 is 0 Å². The van der Waals surface area contributed by atoms with Gasteiger partial charge in [-0.05, 0) is 25.0 Å². The summed E-state index contributed by atoms with van der Waals surface area (Å²) in [5, 5.41) is 8.99. The molecule has 2 heterocycles. The first-order valence-corrected chi connectivity index (χ1v) is 7.31. The summed E-state index contributed by atoms with van der Waals surface area (Å²) in [5.74, 6) is -0.653. The number of nitrogens with zero attached hydrogens (tertiary/aromatic N) is 2. The second kappa shape index (κ2) is 8.03. The van der Waals surface area contributed by atoms with Gasteiger partial charge in [0.05, 0.1) is 6.26 Å². The zero-order valence-electron chi connectivity index (χ0n) is 12.3. The number of furan rings is 1. The molecule has 0 N–H and O–H groups in total. The Kier molecular flexibility index (Phi) is 5.78. The summed E-state index contributed by atoms with van der Waals surface area (Å²) in [4.78, 5) is 25.6. The zero-order valence-corrected chi connectivity index (χ0v) is 12.3. The highest BCUT2D eigenvalue weighted by Gasteiger charge is 2.19. The Morgan fingerprint density at radius 3 is 2.64 bits per heavy atom. The van der Waals surface area contributed by atoms with Gasteiger partial charge in [-0.1, -0.05) is 12.8 Å². The Balaban J connectivity index is 1.88. The van der Waals surface area contributed by atoms with Crippen molar-refractivity contribution in [2.45, 2.75) is 25.7 Å². The first kappa shape index (κ1) is 15.8. The third-order valence-electron chi connectivity index (χ3n) is 3.46. The topological polar surface area (TPSA) is 83.5 Å². The molecule has 1 saturated heterocycles. The number of carbonyl (C=O) groups is 2. The quantitative estimate of drug-likeness (QED) is 0.483. The molecule has 0 atom stereocenters. The van der Waals surface area contributed by atoms with Gasteiger partial charge < -0.3 is 14.1 Å². The molecule has 1 aromatic rings. The van der Waals surface area contributed by atoms with Crippen LogP contribution in [0.15, 0.2) is 28.4 Å². The number of rotatable bonds is 4. The van der Waals surface area contributed by atoms with Crippen molar-refractivity contribution in [2.24, 2.45) is 0 Å². The van der Waals surface area contributed by atoms with Gasteiger partial charge >= 0.3 is 5.97 Å². The molecule has 22 heavy (non-hydrogen) atoms. The number of ether oxygens (including phenoxy) is 1. The molecule has 6 nitrogen and oxygen atoms in total. The van der Waals surface area contributed by atoms with Crippen LogP contribution in [0.4, 0.5) is 0 Å². The molecule has 1 fully saturated rings. The molecule has 0 unspecified atom stereocenters. The Hall–Kier alpha value is -2.55. The summed E-state index contributed by atoms with van der Waals surface area (Å²) in [7, 11) is 0. The summed E-state index contributed by atoms with van der Waals surface area (Å²) in [5.41, 5.74) is -0.196. The predicted molar refractivity (Wildman–Crippen MR) is 78.3 cm³/mol. The third kappa shape index (κ3) is 4.48. The molecule has 0 saturated carbocycles. The number of nitriles is 1. The highest BCUT2D eigenvalue weighted by Crippen LogP contribution is 2.11. The van der Waals surface area contributed by atoms with E-state index < -0.39 is 5.97 Å². The largest absolute Gasteiger partial charge is 0.465 e. The molecule has 0 aromatic carbocycles. The summed E-state index contributed by atoms with van der Waals surface area (Å²) >= 11 is 0. The van der Waals surface area contributed by atoms with Crippen molar-refractivity contribution in [2.75, 3.05) is 19.7 Å². The van der Waals surface area contributed by atoms with E-state index in [4.69, 9.17) is 14.4 Å². The molecule has 0 radical (unpaired) electrons. The molecule has 116 valence electrons. The monoisotopic (exact) mass is 302 g/mol. The average molecular weight is 302 g/mol. The minimum Gasteiger partial charge on any atom is -0.465 e. The van der Waals surface area contributed by atoms with Gasteiger partial charge in [0.15, 0.2) is 6.61 Å². The maximum Gasteiger partial charge on any atom is 0.349 e. The van der Waals surface area contributed by atoms with Gasteiger partial charge in [-0.2, -0.15) is 5.26 Å². The maximum atomic E-state index is 12.0. The summed E-state index contributed by atoms with van der Waals surface area (Å²) in [6.07, 6.45) is 6.92. The second-order valence-electron chi connectivity index (χ2n) is 5.06. The van der Waals surface area contributed by atoms with Crippen molar-refractivity contribution in [3.63, 3.8) is 0 Å². The molecule has 1 amide bonds. The van der Waals surface area contributed by atoms with Crippen LogP contribution in [0.1, 0.15) is 31.4 Å². The van der Waals surface area contributed by atoms with Crippen LogP contribution >= 0.6 is 0 Å². The van der Waals surface area contributed by atoms with Crippen LogP contribution in [0.5, 0.6) is 0 Å².